The molecule has 8 nitrogen and oxygen atoms in total. The number of rotatable bonds is 6. The van der Waals surface area contributed by atoms with Crippen LogP contribution in [-0.4, -0.2) is 59.4 Å². The van der Waals surface area contributed by atoms with Crippen molar-refractivity contribution in [2.24, 2.45) is 0 Å². The van der Waals surface area contributed by atoms with E-state index in [9.17, 15) is 5.11 Å². The summed E-state index contributed by atoms with van der Waals surface area (Å²) in [5.74, 6) is 2.35. The van der Waals surface area contributed by atoms with Crippen LogP contribution in [0.15, 0.2) is 29.3 Å². The fourth-order valence-electron chi connectivity index (χ4n) is 2.95. The third-order valence-corrected chi connectivity index (χ3v) is 4.26. The second-order valence-electron chi connectivity index (χ2n) is 6.32. The summed E-state index contributed by atoms with van der Waals surface area (Å²) in [7, 11) is 3.89. The lowest BCUT2D eigenvalue weighted by Gasteiger charge is -2.27. The maximum absolute atomic E-state index is 10.1. The molecule has 24 heavy (non-hydrogen) atoms. The van der Waals surface area contributed by atoms with Crippen LogP contribution in [0.5, 0.6) is 0 Å². The summed E-state index contributed by atoms with van der Waals surface area (Å²) in [4.78, 5) is 16.9. The SMILES string of the molecule is CC(NC[C@H]1C[C@@H](O)CN1c1cc(N(C)C)ncn1)c1ncco1. The Hall–Kier alpha value is -2.19. The zero-order valence-electron chi connectivity index (χ0n) is 14.3. The Morgan fingerprint density at radius 1 is 1.42 bits per heavy atom. The molecule has 3 heterocycles. The van der Waals surface area contributed by atoms with E-state index in [2.05, 4.69) is 25.2 Å². The van der Waals surface area contributed by atoms with Gasteiger partial charge in [0.05, 0.1) is 18.3 Å². The van der Waals surface area contributed by atoms with Crippen molar-refractivity contribution in [3.63, 3.8) is 0 Å². The number of nitrogens with one attached hydrogen (secondary N) is 1. The molecule has 3 rings (SSSR count). The molecule has 130 valence electrons. The van der Waals surface area contributed by atoms with Gasteiger partial charge in [0.15, 0.2) is 0 Å². The van der Waals surface area contributed by atoms with Crippen LogP contribution in [0.4, 0.5) is 11.6 Å². The zero-order valence-corrected chi connectivity index (χ0v) is 14.3. The maximum atomic E-state index is 10.1. The first-order chi connectivity index (χ1) is 11.5. The average molecular weight is 332 g/mol. The summed E-state index contributed by atoms with van der Waals surface area (Å²) >= 11 is 0. The van der Waals surface area contributed by atoms with Gasteiger partial charge in [0, 0.05) is 39.3 Å². The Kier molecular flexibility index (Phi) is 4.96. The minimum Gasteiger partial charge on any atom is -0.447 e. The second kappa shape index (κ2) is 7.14. The highest BCUT2D eigenvalue weighted by molar-refractivity contribution is 5.51. The molecule has 1 aliphatic rings. The van der Waals surface area contributed by atoms with Gasteiger partial charge in [0.25, 0.3) is 0 Å². The first kappa shape index (κ1) is 16.7. The van der Waals surface area contributed by atoms with E-state index in [4.69, 9.17) is 4.42 Å². The van der Waals surface area contributed by atoms with Crippen LogP contribution in [0.1, 0.15) is 25.3 Å². The molecule has 0 amide bonds. The standard InChI is InChI=1S/C16H24N6O2/c1-11(16-17-4-5-24-16)18-8-12-6-13(23)9-22(12)15-7-14(21(2)3)19-10-20-15/h4-5,7,10-13,18,23H,6,8-9H2,1-3H3/t11?,12-,13-/m1/s1. The number of aromatic nitrogens is 3. The van der Waals surface area contributed by atoms with E-state index in [0.29, 0.717) is 25.4 Å². The van der Waals surface area contributed by atoms with Gasteiger partial charge in [-0.15, -0.1) is 0 Å². The van der Waals surface area contributed by atoms with Crippen LogP contribution >= 0.6 is 0 Å². The Labute approximate surface area is 141 Å². The highest BCUT2D eigenvalue weighted by Crippen LogP contribution is 2.26. The monoisotopic (exact) mass is 332 g/mol. The topological polar surface area (TPSA) is 90.6 Å². The van der Waals surface area contributed by atoms with Crippen molar-refractivity contribution in [3.8, 4) is 0 Å². The predicted molar refractivity (Wildman–Crippen MR) is 91.0 cm³/mol. The summed E-state index contributed by atoms with van der Waals surface area (Å²) in [5, 5.41) is 13.5. The van der Waals surface area contributed by atoms with Gasteiger partial charge in [-0.25, -0.2) is 15.0 Å². The molecule has 1 aliphatic heterocycles. The summed E-state index contributed by atoms with van der Waals surface area (Å²) in [5.41, 5.74) is 0. The number of β-amino-alcohol motifs (C(OH)–C–C–N with tert-alkyl or cyclic N) is 1. The van der Waals surface area contributed by atoms with Gasteiger partial charge in [0.2, 0.25) is 5.89 Å². The predicted octanol–water partition coefficient (Wildman–Crippen LogP) is 0.821. The smallest absolute Gasteiger partial charge is 0.210 e. The molecule has 1 fully saturated rings. The van der Waals surface area contributed by atoms with E-state index in [0.717, 1.165) is 11.6 Å². The van der Waals surface area contributed by atoms with E-state index in [1.54, 1.807) is 18.8 Å². The summed E-state index contributed by atoms with van der Waals surface area (Å²) in [6.45, 7) is 3.29. The molecule has 1 unspecified atom stereocenters. The average Bonchev–Trinajstić information content (AvgIpc) is 3.22. The van der Waals surface area contributed by atoms with Crippen molar-refractivity contribution in [1.82, 2.24) is 20.3 Å². The number of oxazole rings is 1. The highest BCUT2D eigenvalue weighted by Gasteiger charge is 2.32. The van der Waals surface area contributed by atoms with Gasteiger partial charge in [-0.05, 0) is 13.3 Å². The van der Waals surface area contributed by atoms with Gasteiger partial charge in [-0.3, -0.25) is 0 Å². The molecular formula is C16H24N6O2. The van der Waals surface area contributed by atoms with E-state index in [1.807, 2.05) is 32.0 Å². The first-order valence-electron chi connectivity index (χ1n) is 8.11. The lowest BCUT2D eigenvalue weighted by Crippen LogP contribution is -2.39. The fraction of sp³-hybridized carbons (Fsp3) is 0.562. The lowest BCUT2D eigenvalue weighted by atomic mass is 10.2. The Morgan fingerprint density at radius 2 is 2.25 bits per heavy atom. The van der Waals surface area contributed by atoms with Crippen LogP contribution in [-0.2, 0) is 0 Å². The minimum atomic E-state index is -0.355. The van der Waals surface area contributed by atoms with Gasteiger partial charge in [-0.2, -0.15) is 0 Å². The van der Waals surface area contributed by atoms with E-state index in [-0.39, 0.29) is 18.2 Å². The van der Waals surface area contributed by atoms with E-state index >= 15 is 0 Å². The van der Waals surface area contributed by atoms with Gasteiger partial charge >= 0.3 is 0 Å². The normalized spacial score (nSPS) is 21.9. The Bertz CT molecular complexity index is 648. The molecule has 0 aliphatic carbocycles. The van der Waals surface area contributed by atoms with Crippen molar-refractivity contribution in [2.75, 3.05) is 37.0 Å². The molecule has 2 aromatic heterocycles. The number of anilines is 2. The highest BCUT2D eigenvalue weighted by atomic mass is 16.3. The Balaban J connectivity index is 1.69. The zero-order chi connectivity index (χ0) is 17.1. The molecule has 0 saturated carbocycles. The minimum absolute atomic E-state index is 0.0160. The largest absolute Gasteiger partial charge is 0.447 e. The molecule has 0 spiro atoms. The second-order valence-corrected chi connectivity index (χ2v) is 6.32. The van der Waals surface area contributed by atoms with Crippen molar-refractivity contribution in [2.45, 2.75) is 31.5 Å². The summed E-state index contributed by atoms with van der Waals surface area (Å²) in [6, 6.07) is 2.12. The molecule has 0 bridgehead atoms. The molecule has 2 aromatic rings. The fourth-order valence-corrected chi connectivity index (χ4v) is 2.95. The van der Waals surface area contributed by atoms with Crippen LogP contribution in [0.2, 0.25) is 0 Å². The quantitative estimate of drug-likeness (QED) is 0.803. The number of hydrogen-bond donors (Lipinski definition) is 2. The van der Waals surface area contributed by atoms with Crippen molar-refractivity contribution < 1.29 is 9.52 Å². The van der Waals surface area contributed by atoms with Crippen molar-refractivity contribution >= 4 is 11.6 Å². The number of nitrogens with zero attached hydrogens (tertiary/aromatic N) is 5. The van der Waals surface area contributed by atoms with Gasteiger partial charge in [0.1, 0.15) is 24.2 Å². The summed E-state index contributed by atoms with van der Waals surface area (Å²) < 4.78 is 5.32. The van der Waals surface area contributed by atoms with Crippen LogP contribution in [0.25, 0.3) is 0 Å². The third-order valence-electron chi connectivity index (χ3n) is 4.26. The maximum Gasteiger partial charge on any atom is 0.210 e. The molecule has 0 radical (unpaired) electrons. The lowest BCUT2D eigenvalue weighted by molar-refractivity contribution is 0.193. The van der Waals surface area contributed by atoms with Crippen LogP contribution in [0, 0.1) is 0 Å². The number of aliphatic hydroxyl groups excluding tert-OH is 1. The van der Waals surface area contributed by atoms with Crippen LogP contribution < -0.4 is 15.1 Å². The van der Waals surface area contributed by atoms with Gasteiger partial charge in [-0.1, -0.05) is 0 Å². The molecule has 2 N–H and O–H groups in total. The molecular weight excluding hydrogens is 308 g/mol. The van der Waals surface area contributed by atoms with Crippen LogP contribution in [0.3, 0.4) is 0 Å². The summed E-state index contributed by atoms with van der Waals surface area (Å²) in [6.07, 6.45) is 5.12. The molecule has 8 heteroatoms. The van der Waals surface area contributed by atoms with Crippen molar-refractivity contribution in [1.29, 1.82) is 0 Å². The molecule has 0 aromatic carbocycles. The van der Waals surface area contributed by atoms with E-state index in [1.165, 1.54) is 0 Å². The number of hydrogen-bond acceptors (Lipinski definition) is 8. The third kappa shape index (κ3) is 3.65. The van der Waals surface area contributed by atoms with Gasteiger partial charge < -0.3 is 24.6 Å². The number of aliphatic hydroxyl groups is 1. The van der Waals surface area contributed by atoms with Crippen molar-refractivity contribution in [3.05, 3.63) is 30.7 Å². The molecule has 3 atom stereocenters. The molecule has 1 saturated heterocycles. The first-order valence-corrected chi connectivity index (χ1v) is 8.11. The Morgan fingerprint density at radius 3 is 2.96 bits per heavy atom. The van der Waals surface area contributed by atoms with E-state index < -0.39 is 0 Å².